The highest BCUT2D eigenvalue weighted by Crippen LogP contribution is 2.17. The molecule has 0 aliphatic rings. The molecule has 0 fully saturated rings. The lowest BCUT2D eigenvalue weighted by Crippen LogP contribution is -1.95. The van der Waals surface area contributed by atoms with E-state index in [4.69, 9.17) is 0 Å². The second-order valence-electron chi connectivity index (χ2n) is 4.09. The zero-order valence-electron chi connectivity index (χ0n) is 10.1. The molecule has 0 bridgehead atoms. The first-order valence-corrected chi connectivity index (χ1v) is 6.06. The van der Waals surface area contributed by atoms with Crippen molar-refractivity contribution in [1.29, 1.82) is 0 Å². The quantitative estimate of drug-likeness (QED) is 0.631. The molecule has 0 aliphatic carbocycles. The largest absolute Gasteiger partial charge is 0.0985 e. The van der Waals surface area contributed by atoms with Gasteiger partial charge in [0.1, 0.15) is 0 Å². The first-order chi connectivity index (χ1) is 7.31. The maximum atomic E-state index is 3.83. The molecule has 82 valence electrons. The monoisotopic (exact) mass is 202 g/mol. The SMILES string of the molecule is C=Cc1ccc(CCC)c(CCCC)c1. The van der Waals surface area contributed by atoms with Crippen molar-refractivity contribution < 1.29 is 0 Å². The molecule has 0 N–H and O–H groups in total. The lowest BCUT2D eigenvalue weighted by atomic mass is 9.96. The molecule has 0 heterocycles. The van der Waals surface area contributed by atoms with Crippen molar-refractivity contribution in [3.05, 3.63) is 41.5 Å². The van der Waals surface area contributed by atoms with Crippen LogP contribution in [0, 0.1) is 0 Å². The summed E-state index contributed by atoms with van der Waals surface area (Å²) in [5.74, 6) is 0. The van der Waals surface area contributed by atoms with Crippen LogP contribution in [0.5, 0.6) is 0 Å². The zero-order valence-corrected chi connectivity index (χ0v) is 10.1. The second kappa shape index (κ2) is 6.44. The Balaban J connectivity index is 2.88. The topological polar surface area (TPSA) is 0 Å². The Morgan fingerprint density at radius 1 is 1.07 bits per heavy atom. The van der Waals surface area contributed by atoms with Gasteiger partial charge in [0.15, 0.2) is 0 Å². The fraction of sp³-hybridized carbons (Fsp3) is 0.467. The van der Waals surface area contributed by atoms with Gasteiger partial charge in [-0.05, 0) is 36.0 Å². The van der Waals surface area contributed by atoms with Crippen molar-refractivity contribution in [2.24, 2.45) is 0 Å². The molecule has 15 heavy (non-hydrogen) atoms. The summed E-state index contributed by atoms with van der Waals surface area (Å²) in [7, 11) is 0. The Morgan fingerprint density at radius 2 is 1.87 bits per heavy atom. The van der Waals surface area contributed by atoms with Crippen molar-refractivity contribution in [3.63, 3.8) is 0 Å². The summed E-state index contributed by atoms with van der Waals surface area (Å²) in [6, 6.07) is 6.74. The van der Waals surface area contributed by atoms with Crippen molar-refractivity contribution in [2.45, 2.75) is 46.0 Å². The zero-order chi connectivity index (χ0) is 11.1. The predicted octanol–water partition coefficient (Wildman–Crippen LogP) is 4.62. The van der Waals surface area contributed by atoms with Gasteiger partial charge in [0.25, 0.3) is 0 Å². The van der Waals surface area contributed by atoms with Crippen LogP contribution in [-0.4, -0.2) is 0 Å². The summed E-state index contributed by atoms with van der Waals surface area (Å²) in [5, 5.41) is 0. The Hall–Kier alpha value is -1.04. The molecule has 0 nitrogen and oxygen atoms in total. The molecule has 0 amide bonds. The van der Waals surface area contributed by atoms with E-state index in [1.54, 1.807) is 0 Å². The van der Waals surface area contributed by atoms with Gasteiger partial charge in [-0.25, -0.2) is 0 Å². The Labute approximate surface area is 94.0 Å². The number of hydrogen-bond donors (Lipinski definition) is 0. The number of rotatable bonds is 6. The van der Waals surface area contributed by atoms with Gasteiger partial charge in [0, 0.05) is 0 Å². The summed E-state index contributed by atoms with van der Waals surface area (Å²) >= 11 is 0. The lowest BCUT2D eigenvalue weighted by Gasteiger charge is -2.09. The molecule has 1 rings (SSSR count). The number of unbranched alkanes of at least 4 members (excludes halogenated alkanes) is 1. The van der Waals surface area contributed by atoms with E-state index in [2.05, 4.69) is 38.6 Å². The van der Waals surface area contributed by atoms with Crippen LogP contribution in [0.4, 0.5) is 0 Å². The van der Waals surface area contributed by atoms with Crippen molar-refractivity contribution in [3.8, 4) is 0 Å². The molecular weight excluding hydrogens is 180 g/mol. The minimum absolute atomic E-state index is 1.20. The van der Waals surface area contributed by atoms with Gasteiger partial charge in [-0.3, -0.25) is 0 Å². The third kappa shape index (κ3) is 3.54. The fourth-order valence-electron chi connectivity index (χ4n) is 1.89. The van der Waals surface area contributed by atoms with Gasteiger partial charge >= 0.3 is 0 Å². The van der Waals surface area contributed by atoms with Gasteiger partial charge in [0.2, 0.25) is 0 Å². The number of aryl methyl sites for hydroxylation is 2. The maximum Gasteiger partial charge on any atom is -0.0260 e. The predicted molar refractivity (Wildman–Crippen MR) is 69.1 cm³/mol. The van der Waals surface area contributed by atoms with E-state index in [1.807, 2.05) is 6.08 Å². The first kappa shape index (κ1) is 12.0. The van der Waals surface area contributed by atoms with E-state index in [0.717, 1.165) is 0 Å². The van der Waals surface area contributed by atoms with Crippen molar-refractivity contribution in [1.82, 2.24) is 0 Å². The molecule has 0 saturated heterocycles. The third-order valence-corrected chi connectivity index (χ3v) is 2.79. The highest BCUT2D eigenvalue weighted by molar-refractivity contribution is 5.50. The van der Waals surface area contributed by atoms with Crippen LogP contribution in [0.1, 0.15) is 49.8 Å². The van der Waals surface area contributed by atoms with Crippen molar-refractivity contribution in [2.75, 3.05) is 0 Å². The van der Waals surface area contributed by atoms with E-state index in [1.165, 1.54) is 48.8 Å². The Kier molecular flexibility index (Phi) is 5.17. The molecule has 0 aliphatic heterocycles. The van der Waals surface area contributed by atoms with Gasteiger partial charge in [-0.15, -0.1) is 0 Å². The maximum absolute atomic E-state index is 3.83. The van der Waals surface area contributed by atoms with E-state index in [9.17, 15) is 0 Å². The van der Waals surface area contributed by atoms with Crippen LogP contribution in [0.25, 0.3) is 6.08 Å². The number of benzene rings is 1. The minimum atomic E-state index is 1.20. The fourth-order valence-corrected chi connectivity index (χ4v) is 1.89. The summed E-state index contributed by atoms with van der Waals surface area (Å²) in [4.78, 5) is 0. The van der Waals surface area contributed by atoms with Crippen LogP contribution in [-0.2, 0) is 12.8 Å². The summed E-state index contributed by atoms with van der Waals surface area (Å²) in [5.41, 5.74) is 4.30. The minimum Gasteiger partial charge on any atom is -0.0985 e. The van der Waals surface area contributed by atoms with Gasteiger partial charge in [-0.1, -0.05) is 57.5 Å². The van der Waals surface area contributed by atoms with Gasteiger partial charge < -0.3 is 0 Å². The first-order valence-electron chi connectivity index (χ1n) is 6.06. The van der Waals surface area contributed by atoms with E-state index >= 15 is 0 Å². The summed E-state index contributed by atoms with van der Waals surface area (Å²) in [6.07, 6.45) is 8.14. The molecule has 0 saturated carbocycles. The number of hydrogen-bond acceptors (Lipinski definition) is 0. The van der Waals surface area contributed by atoms with Crippen LogP contribution in [0.15, 0.2) is 24.8 Å². The molecule has 0 aromatic heterocycles. The lowest BCUT2D eigenvalue weighted by molar-refractivity contribution is 0.780. The molecule has 1 aromatic rings. The highest BCUT2D eigenvalue weighted by atomic mass is 14.1. The van der Waals surface area contributed by atoms with E-state index in [-0.39, 0.29) is 0 Å². The molecule has 0 heteroatoms. The standard InChI is InChI=1S/C15H22/c1-4-7-9-15-12-13(6-3)10-11-14(15)8-5-2/h6,10-12H,3-5,7-9H2,1-2H3. The van der Waals surface area contributed by atoms with E-state index in [0.29, 0.717) is 0 Å². The van der Waals surface area contributed by atoms with E-state index < -0.39 is 0 Å². The third-order valence-electron chi connectivity index (χ3n) is 2.79. The highest BCUT2D eigenvalue weighted by Gasteiger charge is 2.01. The molecule has 0 radical (unpaired) electrons. The van der Waals surface area contributed by atoms with Gasteiger partial charge in [0.05, 0.1) is 0 Å². The Bertz CT molecular complexity index is 310. The van der Waals surface area contributed by atoms with Crippen molar-refractivity contribution >= 4 is 6.08 Å². The Morgan fingerprint density at radius 3 is 2.47 bits per heavy atom. The molecular formula is C15H22. The molecule has 0 spiro atoms. The smallest absolute Gasteiger partial charge is 0.0260 e. The van der Waals surface area contributed by atoms with Crippen LogP contribution in [0.3, 0.4) is 0 Å². The van der Waals surface area contributed by atoms with Crippen LogP contribution < -0.4 is 0 Å². The van der Waals surface area contributed by atoms with Crippen LogP contribution in [0.2, 0.25) is 0 Å². The van der Waals surface area contributed by atoms with Gasteiger partial charge in [-0.2, -0.15) is 0 Å². The molecule has 0 unspecified atom stereocenters. The summed E-state index contributed by atoms with van der Waals surface area (Å²) < 4.78 is 0. The molecule has 1 aromatic carbocycles. The summed E-state index contributed by atoms with van der Waals surface area (Å²) in [6.45, 7) is 8.32. The average Bonchev–Trinajstić information content (AvgIpc) is 2.28. The second-order valence-corrected chi connectivity index (χ2v) is 4.09. The molecule has 0 atom stereocenters. The average molecular weight is 202 g/mol. The van der Waals surface area contributed by atoms with Crippen LogP contribution >= 0.6 is 0 Å². The normalized spacial score (nSPS) is 10.3.